The van der Waals surface area contributed by atoms with Gasteiger partial charge >= 0.3 is 13.8 Å². The van der Waals surface area contributed by atoms with Gasteiger partial charge in [-0.05, 0) is 12.8 Å². The molecule has 2 saturated heterocycles. The summed E-state index contributed by atoms with van der Waals surface area (Å²) in [5, 5.41) is 119. The Labute approximate surface area is 455 Å². The summed E-state index contributed by atoms with van der Waals surface area (Å²) in [5.41, 5.74) is 0. The molecule has 0 aromatic rings. The average molecular weight is 1130 g/mol. The number of unbranched alkanes of at least 4 members (excludes halogenated alkanes) is 24. The predicted octanol–water partition coefficient (Wildman–Crippen LogP) is 2.95. The number of rotatable bonds is 42. The molecule has 23 nitrogen and oxygen atoms in total. The summed E-state index contributed by atoms with van der Waals surface area (Å²) in [6.45, 7) is 1.25. The van der Waals surface area contributed by atoms with Crippen LogP contribution in [0.15, 0.2) is 0 Å². The van der Waals surface area contributed by atoms with Crippen LogP contribution in [0, 0.1) is 0 Å². The van der Waals surface area contributed by atoms with Gasteiger partial charge in [0.05, 0.1) is 25.9 Å². The van der Waals surface area contributed by atoms with Crippen LogP contribution >= 0.6 is 7.82 Å². The Kier molecular flexibility index (Phi) is 35.3. The molecular formula is C53H100NO22P. The zero-order valence-corrected chi connectivity index (χ0v) is 46.7. The Bertz CT molecular complexity index is 1550. The highest BCUT2D eigenvalue weighted by molar-refractivity contribution is 7.47. The lowest BCUT2D eigenvalue weighted by molar-refractivity contribution is -0.360. The van der Waals surface area contributed by atoms with Crippen LogP contribution in [-0.2, 0) is 46.9 Å². The topological polar surface area (TPSA) is 371 Å². The summed E-state index contributed by atoms with van der Waals surface area (Å²) in [5.74, 6) is -1.03. The lowest BCUT2D eigenvalue weighted by Crippen LogP contribution is -2.69. The molecule has 3 fully saturated rings. The summed E-state index contributed by atoms with van der Waals surface area (Å²) in [4.78, 5) is 37.6. The molecule has 3 aliphatic rings. The molecule has 18 atom stereocenters. The van der Waals surface area contributed by atoms with Crippen LogP contribution in [0.5, 0.6) is 0 Å². The van der Waals surface area contributed by atoms with Gasteiger partial charge in [-0.25, -0.2) is 4.57 Å². The van der Waals surface area contributed by atoms with E-state index in [4.69, 9.17) is 32.7 Å². The third kappa shape index (κ3) is 25.2. The van der Waals surface area contributed by atoms with Crippen molar-refractivity contribution in [2.24, 2.45) is 0 Å². The van der Waals surface area contributed by atoms with Gasteiger partial charge in [-0.2, -0.15) is 0 Å². The Morgan fingerprint density at radius 3 is 1.19 bits per heavy atom. The molecule has 13 N–H and O–H groups in total. The predicted molar refractivity (Wildman–Crippen MR) is 279 cm³/mol. The normalized spacial score (nSPS) is 31.9. The highest BCUT2D eigenvalue weighted by Gasteiger charge is 2.58. The number of esters is 1. The number of phosphoric acid groups is 1. The van der Waals surface area contributed by atoms with Gasteiger partial charge in [0.2, 0.25) is 5.91 Å². The molecule has 0 radical (unpaired) electrons. The van der Waals surface area contributed by atoms with Crippen LogP contribution in [0.2, 0.25) is 0 Å². The Morgan fingerprint density at radius 1 is 0.468 bits per heavy atom. The maximum atomic E-state index is 14.0. The SMILES string of the molecule is CCCCCCCCCCCCCCCC(=O)N[C@H](COC(=O)CCCCCCCCCCCCCCC)COP(=O)(O)OC1[C@H](O[C@H]2O[C@H](CO)[C@@H](O)[C@H](O)[C@@H]2O)[C@H](O)C(O)[C@H](O)[C@H]1O[C@H]1O[C@H](CO)[C@@H](O)[C@H](O)[C@@H]1O. The van der Waals surface area contributed by atoms with Gasteiger partial charge in [-0.1, -0.05) is 168 Å². The fourth-order valence-electron chi connectivity index (χ4n) is 9.93. The minimum atomic E-state index is -5.59. The van der Waals surface area contributed by atoms with Crippen LogP contribution in [-0.4, -0.2) is 203 Å². The van der Waals surface area contributed by atoms with Gasteiger partial charge in [0.1, 0.15) is 92.1 Å². The molecule has 0 spiro atoms. The summed E-state index contributed by atoms with van der Waals surface area (Å²) in [7, 11) is -5.59. The number of carbonyl (C=O) groups excluding carboxylic acids is 2. The highest BCUT2D eigenvalue weighted by Crippen LogP contribution is 2.48. The van der Waals surface area contributed by atoms with Crippen molar-refractivity contribution < 1.29 is 108 Å². The van der Waals surface area contributed by atoms with E-state index in [1.165, 1.54) is 96.3 Å². The molecule has 0 aromatic carbocycles. The molecule has 0 aromatic heterocycles. The number of carbonyl (C=O) groups is 2. The van der Waals surface area contributed by atoms with Crippen molar-refractivity contribution in [2.45, 2.75) is 298 Å². The van der Waals surface area contributed by atoms with E-state index in [0.29, 0.717) is 12.8 Å². The van der Waals surface area contributed by atoms with Crippen molar-refractivity contribution >= 4 is 19.7 Å². The van der Waals surface area contributed by atoms with Gasteiger partial charge in [0, 0.05) is 12.8 Å². The fourth-order valence-corrected chi connectivity index (χ4v) is 10.9. The molecule has 1 aliphatic carbocycles. The van der Waals surface area contributed by atoms with Crippen molar-refractivity contribution in [3.63, 3.8) is 0 Å². The van der Waals surface area contributed by atoms with Gasteiger partial charge in [-0.15, -0.1) is 0 Å². The van der Waals surface area contributed by atoms with Crippen LogP contribution in [0.4, 0.5) is 0 Å². The van der Waals surface area contributed by atoms with Crippen molar-refractivity contribution in [3.8, 4) is 0 Å². The molecule has 3 rings (SSSR count). The number of hydrogen-bond acceptors (Lipinski definition) is 21. The lowest BCUT2D eigenvalue weighted by Gasteiger charge is -2.49. The van der Waals surface area contributed by atoms with Gasteiger partial charge in [0.15, 0.2) is 12.6 Å². The Balaban J connectivity index is 1.72. The maximum absolute atomic E-state index is 14.0. The molecule has 24 heteroatoms. The largest absolute Gasteiger partial charge is 0.472 e. The first-order valence-corrected chi connectivity index (χ1v) is 30.5. The van der Waals surface area contributed by atoms with Gasteiger partial charge in [0.25, 0.3) is 0 Å². The molecule has 2 aliphatic heterocycles. The first-order valence-electron chi connectivity index (χ1n) is 29.0. The van der Waals surface area contributed by atoms with E-state index >= 15 is 0 Å². The molecule has 2 heterocycles. The standard InChI is InChI=1S/C53H100NO22P/c1-3-5-7-9-11-13-15-17-19-21-23-25-27-29-38(57)54-35(33-70-39(58)30-28-26-24-22-20-18-16-14-12-10-8-6-4-2)34-71-77(68,69)76-51-49(74-52-47(66)42(61)40(59)36(31-55)72-52)45(64)44(63)46(65)50(51)75-53-48(67)43(62)41(60)37(32-56)73-53/h35-37,40-53,55-56,59-67H,3-34H2,1-2H3,(H,54,57)(H,68,69)/t35-,36-,37-,40-,41-,42+,43+,44?,45-,46+,47+,48+,49-,50-,51?,52-,53-/m1/s1. The zero-order chi connectivity index (χ0) is 56.8. The summed E-state index contributed by atoms with van der Waals surface area (Å²) >= 11 is 0. The third-order valence-electron chi connectivity index (χ3n) is 14.8. The lowest BCUT2D eigenvalue weighted by atomic mass is 9.84. The third-order valence-corrected chi connectivity index (χ3v) is 15.8. The molecule has 454 valence electrons. The monoisotopic (exact) mass is 1130 g/mol. The zero-order valence-electron chi connectivity index (χ0n) is 45.8. The quantitative estimate of drug-likeness (QED) is 0.0237. The number of phosphoric ester groups is 1. The van der Waals surface area contributed by atoms with E-state index in [2.05, 4.69) is 19.2 Å². The van der Waals surface area contributed by atoms with E-state index in [1.54, 1.807) is 0 Å². The minimum Gasteiger partial charge on any atom is -0.463 e. The van der Waals surface area contributed by atoms with Gasteiger partial charge in [-0.3, -0.25) is 18.6 Å². The number of aliphatic hydroxyl groups is 11. The second kappa shape index (κ2) is 39.0. The summed E-state index contributed by atoms with van der Waals surface area (Å²) < 4.78 is 52.7. The molecule has 77 heavy (non-hydrogen) atoms. The van der Waals surface area contributed by atoms with Crippen molar-refractivity contribution in [3.05, 3.63) is 0 Å². The Hall–Kier alpha value is -1.55. The summed E-state index contributed by atoms with van der Waals surface area (Å²) in [6.07, 6.45) is -4.08. The molecule has 1 saturated carbocycles. The number of aliphatic hydroxyl groups excluding tert-OH is 11. The number of amides is 1. The van der Waals surface area contributed by atoms with Crippen molar-refractivity contribution in [2.75, 3.05) is 26.4 Å². The number of ether oxygens (including phenoxy) is 5. The smallest absolute Gasteiger partial charge is 0.463 e. The van der Waals surface area contributed by atoms with Crippen molar-refractivity contribution in [1.82, 2.24) is 5.32 Å². The highest BCUT2D eigenvalue weighted by atomic mass is 31.2. The van der Waals surface area contributed by atoms with E-state index in [0.717, 1.165) is 57.8 Å². The maximum Gasteiger partial charge on any atom is 0.472 e. The minimum absolute atomic E-state index is 0.0859. The fraction of sp³-hybridized carbons (Fsp3) is 0.962. The second-order valence-corrected chi connectivity index (χ2v) is 22.7. The average Bonchev–Trinajstić information content (AvgIpc) is 3.41. The van der Waals surface area contributed by atoms with Crippen molar-refractivity contribution in [1.29, 1.82) is 0 Å². The van der Waals surface area contributed by atoms with E-state index in [9.17, 15) is 75.2 Å². The second-order valence-electron chi connectivity index (χ2n) is 21.3. The molecule has 0 bridgehead atoms. The van der Waals surface area contributed by atoms with E-state index in [-0.39, 0.29) is 12.8 Å². The molecule has 1 amide bonds. The van der Waals surface area contributed by atoms with Gasteiger partial charge < -0.3 is 90.1 Å². The number of nitrogens with one attached hydrogen (secondary N) is 1. The Morgan fingerprint density at radius 2 is 0.818 bits per heavy atom. The molecule has 3 unspecified atom stereocenters. The van der Waals surface area contributed by atoms with E-state index < -0.39 is 150 Å². The summed E-state index contributed by atoms with van der Waals surface area (Å²) in [6, 6.07) is -1.23. The van der Waals surface area contributed by atoms with Crippen LogP contribution in [0.3, 0.4) is 0 Å². The first-order chi connectivity index (χ1) is 36.9. The van der Waals surface area contributed by atoms with Crippen LogP contribution < -0.4 is 5.32 Å². The first kappa shape index (κ1) is 69.7. The molecular weight excluding hydrogens is 1030 g/mol. The van der Waals surface area contributed by atoms with E-state index in [1.807, 2.05) is 0 Å². The van der Waals surface area contributed by atoms with Crippen LogP contribution in [0.1, 0.15) is 194 Å². The number of hydrogen-bond donors (Lipinski definition) is 13. The van der Waals surface area contributed by atoms with Crippen LogP contribution in [0.25, 0.3) is 0 Å².